The van der Waals surface area contributed by atoms with E-state index in [1.54, 1.807) is 24.1 Å². The Bertz CT molecular complexity index is 539. The third-order valence-corrected chi connectivity index (χ3v) is 1.74. The van der Waals surface area contributed by atoms with E-state index in [0.717, 1.165) is 6.34 Å². The number of para-hydroxylation sites is 1. The van der Waals surface area contributed by atoms with E-state index in [9.17, 15) is 9.59 Å². The zero-order chi connectivity index (χ0) is 9.26. The minimum Gasteiger partial charge on any atom is -0.267 e. The lowest BCUT2D eigenvalue weighted by Crippen LogP contribution is -2.33. The molecule has 62 valence electrons. The molecule has 0 aliphatic carbocycles. The Labute approximate surface area is 72.9 Å². The SMILES string of the molecule is O=C=c1cccc2c1=NC=NC2=O. The van der Waals surface area contributed by atoms with Crippen LogP contribution in [0.3, 0.4) is 0 Å². The molecule has 1 aromatic rings. The molecule has 4 heteroatoms. The predicted octanol–water partition coefficient (Wildman–Crippen LogP) is -1.01. The minimum atomic E-state index is -0.373. The van der Waals surface area contributed by atoms with Crippen molar-refractivity contribution in [2.24, 2.45) is 9.98 Å². The van der Waals surface area contributed by atoms with Crippen LogP contribution in [0.5, 0.6) is 0 Å². The van der Waals surface area contributed by atoms with Crippen LogP contribution in [0.2, 0.25) is 0 Å². The number of aliphatic imine (C=N–C) groups is 1. The van der Waals surface area contributed by atoms with Crippen LogP contribution in [0.15, 0.2) is 28.2 Å². The number of hydrogen-bond acceptors (Lipinski definition) is 3. The number of fused-ring (bicyclic) bond motifs is 1. The van der Waals surface area contributed by atoms with E-state index in [4.69, 9.17) is 0 Å². The van der Waals surface area contributed by atoms with Gasteiger partial charge in [0.05, 0.1) is 16.1 Å². The molecule has 0 radical (unpaired) electrons. The molecule has 1 heterocycles. The summed E-state index contributed by atoms with van der Waals surface area (Å²) in [6, 6.07) is 4.74. The van der Waals surface area contributed by atoms with Gasteiger partial charge in [-0.15, -0.1) is 0 Å². The normalized spacial score (nSPS) is 13.1. The summed E-state index contributed by atoms with van der Waals surface area (Å²) in [6.07, 6.45) is 1.14. The van der Waals surface area contributed by atoms with Crippen molar-refractivity contribution in [2.75, 3.05) is 0 Å². The Morgan fingerprint density at radius 2 is 2.15 bits per heavy atom. The Kier molecular flexibility index (Phi) is 1.61. The van der Waals surface area contributed by atoms with E-state index < -0.39 is 0 Å². The number of rotatable bonds is 0. The highest BCUT2D eigenvalue weighted by Gasteiger charge is 2.09. The third-order valence-electron chi connectivity index (χ3n) is 1.74. The van der Waals surface area contributed by atoms with Crippen LogP contribution in [-0.4, -0.2) is 18.2 Å². The fraction of sp³-hybridized carbons (Fsp3) is 0. The van der Waals surface area contributed by atoms with Gasteiger partial charge in [-0.25, -0.2) is 9.79 Å². The maximum Gasteiger partial charge on any atom is 0.280 e. The molecule has 1 aliphatic rings. The van der Waals surface area contributed by atoms with Crippen LogP contribution >= 0.6 is 0 Å². The van der Waals surface area contributed by atoms with Gasteiger partial charge < -0.3 is 0 Å². The van der Waals surface area contributed by atoms with Gasteiger partial charge in [0.25, 0.3) is 5.91 Å². The molecule has 2 rings (SSSR count). The maximum atomic E-state index is 11.2. The van der Waals surface area contributed by atoms with Crippen molar-refractivity contribution in [3.05, 3.63) is 34.3 Å². The molecular weight excluding hydrogens is 168 g/mol. The average molecular weight is 172 g/mol. The van der Waals surface area contributed by atoms with E-state index in [1.165, 1.54) is 0 Å². The molecule has 0 atom stereocenters. The van der Waals surface area contributed by atoms with Crippen molar-refractivity contribution in [3.63, 3.8) is 0 Å². The molecule has 0 fully saturated rings. The van der Waals surface area contributed by atoms with Gasteiger partial charge in [-0.3, -0.25) is 4.79 Å². The summed E-state index contributed by atoms with van der Waals surface area (Å²) in [7, 11) is 0. The molecule has 13 heavy (non-hydrogen) atoms. The molecule has 0 N–H and O–H groups in total. The summed E-state index contributed by atoms with van der Waals surface area (Å²) in [5.41, 5.74) is 0.350. The lowest BCUT2D eigenvalue weighted by Gasteiger charge is -1.98. The molecule has 0 saturated heterocycles. The molecule has 0 spiro atoms. The summed E-state index contributed by atoms with van der Waals surface area (Å²) >= 11 is 0. The van der Waals surface area contributed by atoms with Gasteiger partial charge in [-0.2, -0.15) is 4.99 Å². The first kappa shape index (κ1) is 7.58. The van der Waals surface area contributed by atoms with Crippen molar-refractivity contribution in [1.82, 2.24) is 0 Å². The highest BCUT2D eigenvalue weighted by Crippen LogP contribution is 1.94. The topological polar surface area (TPSA) is 58.9 Å². The second-order valence-corrected chi connectivity index (χ2v) is 2.48. The maximum absolute atomic E-state index is 11.2. The first-order chi connectivity index (χ1) is 6.33. The molecule has 0 unspecified atom stereocenters. The summed E-state index contributed by atoms with van der Waals surface area (Å²) in [5.74, 6) is 1.34. The summed E-state index contributed by atoms with van der Waals surface area (Å²) in [4.78, 5) is 28.9. The fourth-order valence-corrected chi connectivity index (χ4v) is 1.15. The monoisotopic (exact) mass is 172 g/mol. The highest BCUT2D eigenvalue weighted by molar-refractivity contribution is 6.00. The van der Waals surface area contributed by atoms with Crippen molar-refractivity contribution in [3.8, 4) is 0 Å². The molecule has 1 aliphatic heterocycles. The van der Waals surface area contributed by atoms with Gasteiger partial charge >= 0.3 is 0 Å². The zero-order valence-corrected chi connectivity index (χ0v) is 6.52. The van der Waals surface area contributed by atoms with Crippen LogP contribution in [0.4, 0.5) is 0 Å². The minimum absolute atomic E-state index is 0.289. The van der Waals surface area contributed by atoms with Crippen molar-refractivity contribution in [1.29, 1.82) is 0 Å². The van der Waals surface area contributed by atoms with E-state index in [1.807, 2.05) is 0 Å². The van der Waals surface area contributed by atoms with Gasteiger partial charge in [0.15, 0.2) is 0 Å². The molecular formula is C9H4N2O2. The molecule has 0 aromatic heterocycles. The summed E-state index contributed by atoms with van der Waals surface area (Å²) in [6.45, 7) is 0. The van der Waals surface area contributed by atoms with E-state index >= 15 is 0 Å². The zero-order valence-electron chi connectivity index (χ0n) is 6.52. The van der Waals surface area contributed by atoms with E-state index in [0.29, 0.717) is 10.9 Å². The standard InChI is InChI=1S/C9H4N2O2/c12-4-6-2-1-3-7-8(6)10-5-11-9(7)13/h1-3,5H. The van der Waals surface area contributed by atoms with Crippen LogP contribution in [0.25, 0.3) is 0 Å². The van der Waals surface area contributed by atoms with Gasteiger partial charge in [0.1, 0.15) is 12.3 Å². The smallest absolute Gasteiger partial charge is 0.267 e. The third kappa shape index (κ3) is 1.09. The molecule has 1 aromatic carbocycles. The summed E-state index contributed by atoms with van der Waals surface area (Å²) < 4.78 is 0. The van der Waals surface area contributed by atoms with Crippen LogP contribution in [0.1, 0.15) is 10.4 Å². The largest absolute Gasteiger partial charge is 0.280 e. The molecule has 4 nitrogen and oxygen atoms in total. The first-order valence-electron chi connectivity index (χ1n) is 3.62. The fourth-order valence-electron chi connectivity index (χ4n) is 1.15. The van der Waals surface area contributed by atoms with Crippen molar-refractivity contribution < 1.29 is 9.59 Å². The average Bonchev–Trinajstić information content (AvgIpc) is 2.18. The summed E-state index contributed by atoms with van der Waals surface area (Å²) in [5, 5.41) is 0.648. The number of hydrogen-bond donors (Lipinski definition) is 0. The van der Waals surface area contributed by atoms with Gasteiger partial charge in [-0.05, 0) is 12.1 Å². The lowest BCUT2D eigenvalue weighted by molar-refractivity contribution is 0.100. The second kappa shape index (κ2) is 2.77. The van der Waals surface area contributed by atoms with E-state index in [-0.39, 0.29) is 11.1 Å². The number of benzene rings is 1. The van der Waals surface area contributed by atoms with Crippen LogP contribution in [0, 0.1) is 0 Å². The number of amides is 1. The van der Waals surface area contributed by atoms with Gasteiger partial charge in [0.2, 0.25) is 0 Å². The van der Waals surface area contributed by atoms with E-state index in [2.05, 4.69) is 9.98 Å². The molecule has 0 bridgehead atoms. The second-order valence-electron chi connectivity index (χ2n) is 2.48. The van der Waals surface area contributed by atoms with Gasteiger partial charge in [0, 0.05) is 0 Å². The highest BCUT2D eigenvalue weighted by atomic mass is 16.1. The Morgan fingerprint density at radius 3 is 2.92 bits per heavy atom. The van der Waals surface area contributed by atoms with Gasteiger partial charge in [-0.1, -0.05) is 6.07 Å². The first-order valence-corrected chi connectivity index (χ1v) is 3.62. The predicted molar refractivity (Wildman–Crippen MR) is 44.8 cm³/mol. The van der Waals surface area contributed by atoms with Crippen molar-refractivity contribution >= 4 is 18.2 Å². The Morgan fingerprint density at radius 1 is 1.31 bits per heavy atom. The quantitative estimate of drug-likeness (QED) is 0.503. The number of carbonyl (C=O) groups excluding carboxylic acids is 2. The number of nitrogens with zero attached hydrogens (tertiary/aromatic N) is 2. The number of carbonyl (C=O) groups is 1. The van der Waals surface area contributed by atoms with Crippen molar-refractivity contribution in [2.45, 2.75) is 0 Å². The molecule has 0 saturated carbocycles. The lowest BCUT2D eigenvalue weighted by atomic mass is 10.1. The Balaban J connectivity index is 3.01. The van der Waals surface area contributed by atoms with Crippen LogP contribution < -0.4 is 10.6 Å². The Hall–Kier alpha value is -2.06. The molecule has 1 amide bonds. The van der Waals surface area contributed by atoms with Crippen LogP contribution in [-0.2, 0) is 4.79 Å².